The first-order valence-corrected chi connectivity index (χ1v) is 7.40. The van der Waals surface area contributed by atoms with Crippen LogP contribution in [0.1, 0.15) is 52.1 Å². The van der Waals surface area contributed by atoms with E-state index in [4.69, 9.17) is 5.73 Å². The highest BCUT2D eigenvalue weighted by atomic mass is 15.6. The van der Waals surface area contributed by atoms with Gasteiger partial charge in [-0.05, 0) is 33.1 Å². The van der Waals surface area contributed by atoms with Crippen molar-refractivity contribution in [2.75, 3.05) is 11.2 Å². The predicted octanol–water partition coefficient (Wildman–Crippen LogP) is 2.54. The number of nitrogen functional groups attached to an aromatic ring is 1. The highest BCUT2D eigenvalue weighted by Crippen LogP contribution is 2.28. The van der Waals surface area contributed by atoms with E-state index < -0.39 is 0 Å². The highest BCUT2D eigenvalue weighted by molar-refractivity contribution is 5.64. The number of anilines is 2. The molecule has 3 N–H and O–H groups in total. The molecule has 1 aromatic rings. The summed E-state index contributed by atoms with van der Waals surface area (Å²) in [7, 11) is 1.96. The molecule has 1 aliphatic rings. The minimum Gasteiger partial charge on any atom is -0.394 e. The van der Waals surface area contributed by atoms with Crippen molar-refractivity contribution in [3.8, 4) is 0 Å². The summed E-state index contributed by atoms with van der Waals surface area (Å²) in [4.78, 5) is 0. The Balaban J connectivity index is 2.18. The Morgan fingerprint density at radius 3 is 2.53 bits per heavy atom. The van der Waals surface area contributed by atoms with Gasteiger partial charge in [0.2, 0.25) is 0 Å². The molecule has 1 aromatic heterocycles. The molecule has 19 heavy (non-hydrogen) atoms. The summed E-state index contributed by atoms with van der Waals surface area (Å²) in [5.74, 6) is 0.934. The van der Waals surface area contributed by atoms with Crippen molar-refractivity contribution < 1.29 is 0 Å². The second kappa shape index (κ2) is 5.82. The molecule has 5 nitrogen and oxygen atoms in total. The zero-order chi connectivity index (χ0) is 14.0. The third kappa shape index (κ3) is 2.86. The van der Waals surface area contributed by atoms with E-state index in [2.05, 4.69) is 36.3 Å². The fraction of sp³-hybridized carbons (Fsp3) is 0.786. The molecule has 0 amide bonds. The maximum atomic E-state index is 6.23. The van der Waals surface area contributed by atoms with E-state index in [1.807, 2.05) is 11.7 Å². The Bertz CT molecular complexity index is 416. The monoisotopic (exact) mass is 265 g/mol. The lowest BCUT2D eigenvalue weighted by Gasteiger charge is -2.39. The maximum Gasteiger partial charge on any atom is 0.162 e. The van der Waals surface area contributed by atoms with Crippen LogP contribution in [0.3, 0.4) is 0 Å². The minimum absolute atomic E-state index is 0.535. The average Bonchev–Trinajstić information content (AvgIpc) is 2.61. The van der Waals surface area contributed by atoms with E-state index in [0.717, 1.165) is 30.0 Å². The van der Waals surface area contributed by atoms with Crippen LogP contribution in [0.4, 0.5) is 11.5 Å². The predicted molar refractivity (Wildman–Crippen MR) is 79.9 cm³/mol. The Labute approximate surface area is 116 Å². The molecular weight excluding hydrogens is 238 g/mol. The molecule has 0 radical (unpaired) electrons. The lowest BCUT2D eigenvalue weighted by atomic mass is 10.00. The Hall–Kier alpha value is -1.23. The summed E-state index contributed by atoms with van der Waals surface area (Å²) in [5, 5.41) is 6.84. The quantitative estimate of drug-likeness (QED) is 0.878. The van der Waals surface area contributed by atoms with Crippen LogP contribution in [0.25, 0.3) is 0 Å². The van der Waals surface area contributed by atoms with Crippen molar-refractivity contribution in [3.05, 3.63) is 5.69 Å². The number of piperidine rings is 1. The van der Waals surface area contributed by atoms with Crippen LogP contribution in [0.2, 0.25) is 0 Å². The zero-order valence-corrected chi connectivity index (χ0v) is 12.6. The van der Waals surface area contributed by atoms with Crippen LogP contribution in [-0.2, 0) is 13.5 Å². The standard InChI is InChI=1S/C14H27N5/c1-5-7-12-13(15)14(18(4)16-12)17-19-10(2)8-6-9-11(19)3/h10-11,17H,5-9,15H2,1-4H3. The SMILES string of the molecule is CCCc1nn(C)c(NN2C(C)CCCC2C)c1N. The first-order chi connectivity index (χ1) is 9.04. The summed E-state index contributed by atoms with van der Waals surface area (Å²) >= 11 is 0. The van der Waals surface area contributed by atoms with Crippen molar-refractivity contribution in [2.24, 2.45) is 7.05 Å². The number of hydrazine groups is 1. The van der Waals surface area contributed by atoms with Crippen LogP contribution in [0.5, 0.6) is 0 Å². The van der Waals surface area contributed by atoms with Gasteiger partial charge in [-0.1, -0.05) is 19.8 Å². The topological polar surface area (TPSA) is 59.1 Å². The number of aromatic nitrogens is 2. The second-order valence-electron chi connectivity index (χ2n) is 5.73. The minimum atomic E-state index is 0.535. The van der Waals surface area contributed by atoms with Crippen molar-refractivity contribution in [2.45, 2.75) is 65.0 Å². The fourth-order valence-corrected chi connectivity index (χ4v) is 2.91. The van der Waals surface area contributed by atoms with Gasteiger partial charge in [0.1, 0.15) is 0 Å². The van der Waals surface area contributed by atoms with E-state index in [1.54, 1.807) is 0 Å². The van der Waals surface area contributed by atoms with Gasteiger partial charge in [-0.15, -0.1) is 0 Å². The number of rotatable bonds is 4. The summed E-state index contributed by atoms with van der Waals surface area (Å²) in [5.41, 5.74) is 11.5. The lowest BCUT2D eigenvalue weighted by molar-refractivity contribution is 0.134. The fourth-order valence-electron chi connectivity index (χ4n) is 2.91. The Morgan fingerprint density at radius 1 is 1.32 bits per heavy atom. The number of nitrogens with two attached hydrogens (primary N) is 1. The van der Waals surface area contributed by atoms with Crippen molar-refractivity contribution in [1.29, 1.82) is 0 Å². The zero-order valence-electron chi connectivity index (χ0n) is 12.6. The Kier molecular flexibility index (Phi) is 4.34. The summed E-state index contributed by atoms with van der Waals surface area (Å²) in [6, 6.07) is 1.07. The van der Waals surface area contributed by atoms with Crippen molar-refractivity contribution >= 4 is 11.5 Å². The van der Waals surface area contributed by atoms with Crippen LogP contribution in [0, 0.1) is 0 Å². The lowest BCUT2D eigenvalue weighted by Crippen LogP contribution is -2.47. The number of hydrogen-bond acceptors (Lipinski definition) is 4. The number of aryl methyl sites for hydroxylation is 2. The molecule has 0 spiro atoms. The third-order valence-electron chi connectivity index (χ3n) is 4.08. The molecule has 108 valence electrons. The van der Waals surface area contributed by atoms with Gasteiger partial charge in [-0.3, -0.25) is 0 Å². The van der Waals surface area contributed by atoms with Gasteiger partial charge < -0.3 is 11.2 Å². The summed E-state index contributed by atoms with van der Waals surface area (Å²) in [6.45, 7) is 6.68. The molecule has 0 aromatic carbocycles. The molecule has 1 fully saturated rings. The van der Waals surface area contributed by atoms with Crippen LogP contribution >= 0.6 is 0 Å². The van der Waals surface area contributed by atoms with Crippen molar-refractivity contribution in [3.63, 3.8) is 0 Å². The van der Waals surface area contributed by atoms with Gasteiger partial charge in [0.15, 0.2) is 5.82 Å². The van der Waals surface area contributed by atoms with Crippen LogP contribution < -0.4 is 11.2 Å². The molecule has 0 bridgehead atoms. The van der Waals surface area contributed by atoms with E-state index in [0.29, 0.717) is 12.1 Å². The molecule has 2 atom stereocenters. The molecule has 2 unspecified atom stereocenters. The van der Waals surface area contributed by atoms with Gasteiger partial charge in [0, 0.05) is 19.1 Å². The summed E-state index contributed by atoms with van der Waals surface area (Å²) in [6.07, 6.45) is 5.78. The molecule has 0 aliphatic carbocycles. The van der Waals surface area contributed by atoms with Gasteiger partial charge in [0.25, 0.3) is 0 Å². The third-order valence-corrected chi connectivity index (χ3v) is 4.08. The van der Waals surface area contributed by atoms with E-state index in [1.165, 1.54) is 19.3 Å². The maximum absolute atomic E-state index is 6.23. The smallest absolute Gasteiger partial charge is 0.162 e. The normalized spacial score (nSPS) is 24.6. The van der Waals surface area contributed by atoms with Crippen LogP contribution in [0.15, 0.2) is 0 Å². The number of nitrogens with zero attached hydrogens (tertiary/aromatic N) is 3. The van der Waals surface area contributed by atoms with Gasteiger partial charge >= 0.3 is 0 Å². The molecule has 0 saturated carbocycles. The van der Waals surface area contributed by atoms with E-state index in [9.17, 15) is 0 Å². The second-order valence-corrected chi connectivity index (χ2v) is 5.73. The molecule has 1 aliphatic heterocycles. The molecular formula is C14H27N5. The molecule has 1 saturated heterocycles. The molecule has 5 heteroatoms. The van der Waals surface area contributed by atoms with Gasteiger partial charge in [-0.2, -0.15) is 5.10 Å². The largest absolute Gasteiger partial charge is 0.394 e. The molecule has 2 heterocycles. The van der Waals surface area contributed by atoms with Crippen LogP contribution in [-0.4, -0.2) is 26.9 Å². The highest BCUT2D eigenvalue weighted by Gasteiger charge is 2.26. The number of nitrogens with one attached hydrogen (secondary N) is 1. The van der Waals surface area contributed by atoms with E-state index in [-0.39, 0.29) is 0 Å². The van der Waals surface area contributed by atoms with E-state index >= 15 is 0 Å². The first-order valence-electron chi connectivity index (χ1n) is 7.40. The average molecular weight is 265 g/mol. The first kappa shape index (κ1) is 14.2. The van der Waals surface area contributed by atoms with Gasteiger partial charge in [0.05, 0.1) is 11.4 Å². The van der Waals surface area contributed by atoms with Gasteiger partial charge in [-0.25, -0.2) is 9.69 Å². The molecule has 2 rings (SSSR count). The van der Waals surface area contributed by atoms with Crippen molar-refractivity contribution in [1.82, 2.24) is 14.8 Å². The number of hydrogen-bond donors (Lipinski definition) is 2. The summed E-state index contributed by atoms with van der Waals surface area (Å²) < 4.78 is 1.87. The Morgan fingerprint density at radius 2 is 1.95 bits per heavy atom.